The van der Waals surface area contributed by atoms with Gasteiger partial charge in [-0.3, -0.25) is 0 Å². The molecule has 1 aromatic heterocycles. The molecular formula is C19H21N3O4S2. The first-order chi connectivity index (χ1) is 13.2. The number of aryl methyl sites for hydroxylation is 2. The van der Waals surface area contributed by atoms with Crippen molar-refractivity contribution in [3.8, 4) is 0 Å². The number of fused-ring (bicyclic) bond motifs is 1. The lowest BCUT2D eigenvalue weighted by atomic mass is 10.1. The highest BCUT2D eigenvalue weighted by Gasteiger charge is 2.28. The Hall–Kier alpha value is -2.23. The summed E-state index contributed by atoms with van der Waals surface area (Å²) in [5.74, 6) is 0. The predicted octanol–water partition coefficient (Wildman–Crippen LogP) is 2.67. The van der Waals surface area contributed by atoms with Crippen LogP contribution in [0.25, 0.3) is 11.0 Å². The third-order valence-electron chi connectivity index (χ3n) is 5.21. The fraction of sp³-hybridized carbons (Fsp3) is 0.316. The number of imidazole rings is 1. The van der Waals surface area contributed by atoms with Crippen LogP contribution < -0.4 is 0 Å². The molecule has 1 saturated heterocycles. The number of sulfonamides is 1. The highest BCUT2D eigenvalue weighted by molar-refractivity contribution is 7.90. The maximum Gasteiger partial charge on any atom is 0.269 e. The highest BCUT2D eigenvalue weighted by atomic mass is 32.2. The normalized spacial score (nSPS) is 16.1. The third kappa shape index (κ3) is 3.03. The lowest BCUT2D eigenvalue weighted by Crippen LogP contribution is -2.27. The van der Waals surface area contributed by atoms with E-state index in [-0.39, 0.29) is 9.79 Å². The van der Waals surface area contributed by atoms with E-state index in [9.17, 15) is 16.8 Å². The van der Waals surface area contributed by atoms with Gasteiger partial charge < -0.3 is 0 Å². The molecule has 0 unspecified atom stereocenters. The molecule has 0 amide bonds. The Morgan fingerprint density at radius 2 is 1.36 bits per heavy atom. The molecule has 0 spiro atoms. The van der Waals surface area contributed by atoms with E-state index in [1.165, 1.54) is 34.9 Å². The Bertz CT molecular complexity index is 1250. The molecule has 28 heavy (non-hydrogen) atoms. The second-order valence-electron chi connectivity index (χ2n) is 7.05. The minimum absolute atomic E-state index is 0.0189. The number of nitrogens with zero attached hydrogens (tertiary/aromatic N) is 3. The van der Waals surface area contributed by atoms with Crippen LogP contribution in [0, 0.1) is 13.8 Å². The molecule has 0 saturated carbocycles. The molecule has 1 aliphatic heterocycles. The Kier molecular flexibility index (Phi) is 4.56. The largest absolute Gasteiger partial charge is 0.269 e. The summed E-state index contributed by atoms with van der Waals surface area (Å²) < 4.78 is 54.0. The molecule has 9 heteroatoms. The monoisotopic (exact) mass is 419 g/mol. The predicted molar refractivity (Wildman–Crippen MR) is 106 cm³/mol. The van der Waals surface area contributed by atoms with Crippen molar-refractivity contribution >= 4 is 31.1 Å². The van der Waals surface area contributed by atoms with Gasteiger partial charge in [0.25, 0.3) is 10.0 Å². The number of hydrogen-bond donors (Lipinski definition) is 0. The molecule has 2 heterocycles. The molecule has 0 aliphatic carbocycles. The second kappa shape index (κ2) is 6.68. The van der Waals surface area contributed by atoms with Crippen LogP contribution in [-0.2, 0) is 20.0 Å². The van der Waals surface area contributed by atoms with Crippen LogP contribution >= 0.6 is 0 Å². The summed E-state index contributed by atoms with van der Waals surface area (Å²) in [5.41, 5.74) is 3.10. The van der Waals surface area contributed by atoms with Crippen LogP contribution in [-0.4, -0.2) is 43.2 Å². The van der Waals surface area contributed by atoms with Gasteiger partial charge in [-0.2, -0.15) is 4.31 Å². The molecule has 4 rings (SSSR count). The van der Waals surface area contributed by atoms with Crippen LogP contribution in [0.4, 0.5) is 0 Å². The number of hydrogen-bond acceptors (Lipinski definition) is 5. The van der Waals surface area contributed by atoms with Gasteiger partial charge in [0, 0.05) is 13.1 Å². The van der Waals surface area contributed by atoms with Crippen molar-refractivity contribution < 1.29 is 16.8 Å². The summed E-state index contributed by atoms with van der Waals surface area (Å²) in [5, 5.41) is 0. The van der Waals surface area contributed by atoms with Crippen molar-refractivity contribution in [2.45, 2.75) is 36.5 Å². The number of benzene rings is 2. The first-order valence-electron chi connectivity index (χ1n) is 9.01. The summed E-state index contributed by atoms with van der Waals surface area (Å²) in [6, 6.07) is 9.03. The van der Waals surface area contributed by atoms with Crippen LogP contribution in [0.2, 0.25) is 0 Å². The molecule has 3 aromatic rings. The maximum atomic E-state index is 13.1. The van der Waals surface area contributed by atoms with Crippen LogP contribution in [0.5, 0.6) is 0 Å². The Morgan fingerprint density at radius 1 is 0.821 bits per heavy atom. The van der Waals surface area contributed by atoms with Crippen molar-refractivity contribution in [2.75, 3.05) is 13.1 Å². The molecule has 148 valence electrons. The van der Waals surface area contributed by atoms with Gasteiger partial charge in [0.2, 0.25) is 10.0 Å². The lowest BCUT2D eigenvalue weighted by molar-refractivity contribution is 0.477. The summed E-state index contributed by atoms with van der Waals surface area (Å²) in [7, 11) is -7.47. The van der Waals surface area contributed by atoms with Crippen LogP contribution in [0.1, 0.15) is 24.0 Å². The van der Waals surface area contributed by atoms with E-state index in [1.807, 2.05) is 19.9 Å². The standard InChI is InChI=1S/C19H21N3O4S2/c1-14-11-18-19(12-15(14)2)22(13-20-18)28(25,26)17-7-5-16(6-8-17)27(23,24)21-9-3-4-10-21/h5-8,11-13H,3-4,9-10H2,1-2H3. The quantitative estimate of drug-likeness (QED) is 0.649. The first kappa shape index (κ1) is 19.1. The smallest absolute Gasteiger partial charge is 0.236 e. The summed E-state index contributed by atoms with van der Waals surface area (Å²) >= 11 is 0. The Labute approximate surface area is 164 Å². The molecule has 0 radical (unpaired) electrons. The number of aromatic nitrogens is 2. The maximum absolute atomic E-state index is 13.1. The number of rotatable bonds is 4. The minimum atomic E-state index is -3.89. The van der Waals surface area contributed by atoms with E-state index in [2.05, 4.69) is 4.98 Å². The molecule has 7 nitrogen and oxygen atoms in total. The van der Waals surface area contributed by atoms with Gasteiger partial charge in [0.15, 0.2) is 0 Å². The fourth-order valence-corrected chi connectivity index (χ4v) is 6.21. The van der Waals surface area contributed by atoms with E-state index < -0.39 is 20.0 Å². The topological polar surface area (TPSA) is 89.3 Å². The van der Waals surface area contributed by atoms with E-state index in [0.29, 0.717) is 24.1 Å². The summed E-state index contributed by atoms with van der Waals surface area (Å²) in [6.07, 6.45) is 2.98. The van der Waals surface area contributed by atoms with Crippen molar-refractivity contribution in [3.63, 3.8) is 0 Å². The van der Waals surface area contributed by atoms with E-state index in [4.69, 9.17) is 0 Å². The third-order valence-corrected chi connectivity index (χ3v) is 8.80. The molecule has 2 aromatic carbocycles. The van der Waals surface area contributed by atoms with Gasteiger partial charge in [-0.15, -0.1) is 0 Å². The van der Waals surface area contributed by atoms with Gasteiger partial charge in [-0.25, -0.2) is 25.8 Å². The van der Waals surface area contributed by atoms with Gasteiger partial charge in [0.05, 0.1) is 20.8 Å². The molecule has 0 atom stereocenters. The van der Waals surface area contributed by atoms with E-state index >= 15 is 0 Å². The van der Waals surface area contributed by atoms with Crippen molar-refractivity contribution in [3.05, 3.63) is 53.9 Å². The minimum Gasteiger partial charge on any atom is -0.236 e. The van der Waals surface area contributed by atoms with E-state index in [1.54, 1.807) is 6.07 Å². The summed E-state index contributed by atoms with van der Waals surface area (Å²) in [4.78, 5) is 4.33. The molecular weight excluding hydrogens is 398 g/mol. The van der Waals surface area contributed by atoms with Gasteiger partial charge >= 0.3 is 0 Å². The van der Waals surface area contributed by atoms with Gasteiger partial charge in [0.1, 0.15) is 6.33 Å². The van der Waals surface area contributed by atoms with Crippen LogP contribution in [0.15, 0.2) is 52.5 Å². The average molecular weight is 420 g/mol. The van der Waals surface area contributed by atoms with Gasteiger partial charge in [-0.1, -0.05) is 0 Å². The molecule has 0 N–H and O–H groups in total. The van der Waals surface area contributed by atoms with Gasteiger partial charge in [-0.05, 0) is 74.2 Å². The van der Waals surface area contributed by atoms with Crippen LogP contribution in [0.3, 0.4) is 0 Å². The van der Waals surface area contributed by atoms with Crippen molar-refractivity contribution in [1.29, 1.82) is 0 Å². The summed E-state index contributed by atoms with van der Waals surface area (Å²) in [6.45, 7) is 4.86. The molecule has 1 aliphatic rings. The zero-order valence-electron chi connectivity index (χ0n) is 15.7. The Balaban J connectivity index is 1.74. The SMILES string of the molecule is Cc1cc2ncn(S(=O)(=O)c3ccc(S(=O)(=O)N4CCCC4)cc3)c2cc1C. The zero-order chi connectivity index (χ0) is 20.1. The Morgan fingerprint density at radius 3 is 1.96 bits per heavy atom. The van der Waals surface area contributed by atoms with E-state index in [0.717, 1.165) is 27.9 Å². The molecule has 0 bridgehead atoms. The first-order valence-corrected chi connectivity index (χ1v) is 11.9. The highest BCUT2D eigenvalue weighted by Crippen LogP contribution is 2.25. The molecule has 1 fully saturated rings. The fourth-order valence-electron chi connectivity index (χ4n) is 3.41. The second-order valence-corrected chi connectivity index (χ2v) is 10.8. The van der Waals surface area contributed by atoms with Crippen molar-refractivity contribution in [2.24, 2.45) is 0 Å². The average Bonchev–Trinajstić information content (AvgIpc) is 3.33. The zero-order valence-corrected chi connectivity index (χ0v) is 17.3. The lowest BCUT2D eigenvalue weighted by Gasteiger charge is -2.15. The van der Waals surface area contributed by atoms with Crippen molar-refractivity contribution in [1.82, 2.24) is 13.3 Å².